The van der Waals surface area contributed by atoms with Crippen LogP contribution in [0.3, 0.4) is 0 Å². The van der Waals surface area contributed by atoms with Crippen LogP contribution in [0, 0.1) is 13.8 Å². The molecule has 0 aliphatic carbocycles. The number of rotatable bonds is 5. The van der Waals surface area contributed by atoms with Crippen molar-refractivity contribution in [3.8, 4) is 17.2 Å². The Morgan fingerprint density at radius 1 is 1.24 bits per heavy atom. The Morgan fingerprint density at radius 3 is 2.84 bits per heavy atom. The van der Waals surface area contributed by atoms with Gasteiger partial charge in [0.2, 0.25) is 6.79 Å². The lowest BCUT2D eigenvalue weighted by Crippen LogP contribution is -2.01. The third kappa shape index (κ3) is 3.00. The van der Waals surface area contributed by atoms with E-state index in [4.69, 9.17) is 14.2 Å². The smallest absolute Gasteiger partial charge is 0.231 e. The SMILES string of the molecule is CCOc1c(C)cnc(CSc2nc3cc4c(cc3[nH]2)OCO4)c1C. The van der Waals surface area contributed by atoms with Crippen molar-refractivity contribution in [2.75, 3.05) is 13.4 Å². The van der Waals surface area contributed by atoms with Crippen molar-refractivity contribution in [2.24, 2.45) is 0 Å². The van der Waals surface area contributed by atoms with Gasteiger partial charge in [-0.15, -0.1) is 0 Å². The van der Waals surface area contributed by atoms with E-state index in [0.717, 1.165) is 56.0 Å². The van der Waals surface area contributed by atoms with E-state index in [0.29, 0.717) is 6.61 Å². The summed E-state index contributed by atoms with van der Waals surface area (Å²) >= 11 is 1.62. The number of pyridine rings is 1. The third-order valence-electron chi connectivity index (χ3n) is 4.13. The molecule has 1 aliphatic rings. The number of fused-ring (bicyclic) bond motifs is 2. The lowest BCUT2D eigenvalue weighted by atomic mass is 10.1. The van der Waals surface area contributed by atoms with Gasteiger partial charge in [0.15, 0.2) is 16.7 Å². The van der Waals surface area contributed by atoms with Gasteiger partial charge in [0, 0.05) is 35.2 Å². The number of ether oxygens (including phenoxy) is 3. The second-order valence-electron chi connectivity index (χ2n) is 5.83. The average Bonchev–Trinajstić information content (AvgIpc) is 3.21. The van der Waals surface area contributed by atoms with Gasteiger partial charge in [0.1, 0.15) is 5.75 Å². The van der Waals surface area contributed by atoms with E-state index in [-0.39, 0.29) is 6.79 Å². The molecule has 0 saturated carbocycles. The van der Waals surface area contributed by atoms with E-state index in [1.807, 2.05) is 32.2 Å². The number of aromatic amines is 1. The van der Waals surface area contributed by atoms with Crippen molar-refractivity contribution in [1.82, 2.24) is 15.0 Å². The number of hydrogen-bond donors (Lipinski definition) is 1. The van der Waals surface area contributed by atoms with E-state index >= 15 is 0 Å². The van der Waals surface area contributed by atoms with E-state index in [1.165, 1.54) is 0 Å². The van der Waals surface area contributed by atoms with Gasteiger partial charge in [0.25, 0.3) is 0 Å². The van der Waals surface area contributed by atoms with Crippen LogP contribution in [0.2, 0.25) is 0 Å². The van der Waals surface area contributed by atoms with Crippen LogP contribution in [0.5, 0.6) is 17.2 Å². The van der Waals surface area contributed by atoms with Gasteiger partial charge >= 0.3 is 0 Å². The van der Waals surface area contributed by atoms with E-state index < -0.39 is 0 Å². The standard InChI is InChI=1S/C18H19N3O3S/c1-4-22-17-10(2)7-19-14(11(17)3)8-25-18-20-12-5-15-16(24-9-23-15)6-13(12)21-18/h5-7H,4,8-9H2,1-3H3,(H,20,21). The fraction of sp³-hybridized carbons (Fsp3) is 0.333. The topological polar surface area (TPSA) is 69.3 Å². The van der Waals surface area contributed by atoms with Crippen molar-refractivity contribution in [3.05, 3.63) is 35.2 Å². The molecule has 1 aromatic carbocycles. The maximum absolute atomic E-state index is 5.75. The molecule has 4 rings (SSSR count). The first-order valence-electron chi connectivity index (χ1n) is 8.15. The molecule has 0 amide bonds. The van der Waals surface area contributed by atoms with Crippen LogP contribution in [0.4, 0.5) is 0 Å². The lowest BCUT2D eigenvalue weighted by molar-refractivity contribution is 0.174. The number of thioether (sulfide) groups is 1. The maximum atomic E-state index is 5.75. The van der Waals surface area contributed by atoms with Crippen LogP contribution in [0.1, 0.15) is 23.7 Å². The molecule has 0 unspecified atom stereocenters. The van der Waals surface area contributed by atoms with Crippen molar-refractivity contribution in [3.63, 3.8) is 0 Å². The summed E-state index contributed by atoms with van der Waals surface area (Å²) in [4.78, 5) is 12.5. The average molecular weight is 357 g/mol. The van der Waals surface area contributed by atoms with Gasteiger partial charge in [-0.05, 0) is 20.8 Å². The third-order valence-corrected chi connectivity index (χ3v) is 5.02. The highest BCUT2D eigenvalue weighted by atomic mass is 32.2. The summed E-state index contributed by atoms with van der Waals surface area (Å²) < 4.78 is 16.6. The summed E-state index contributed by atoms with van der Waals surface area (Å²) in [7, 11) is 0. The van der Waals surface area contributed by atoms with Gasteiger partial charge < -0.3 is 19.2 Å². The monoisotopic (exact) mass is 357 g/mol. The number of aryl methyl sites for hydroxylation is 1. The Kier molecular flexibility index (Phi) is 4.17. The van der Waals surface area contributed by atoms with Gasteiger partial charge in [-0.1, -0.05) is 11.8 Å². The molecular weight excluding hydrogens is 338 g/mol. The zero-order chi connectivity index (χ0) is 17.4. The molecule has 0 fully saturated rings. The van der Waals surface area contributed by atoms with E-state index in [9.17, 15) is 0 Å². The van der Waals surface area contributed by atoms with Crippen molar-refractivity contribution in [1.29, 1.82) is 0 Å². The summed E-state index contributed by atoms with van der Waals surface area (Å²) in [6, 6.07) is 3.83. The number of nitrogens with one attached hydrogen (secondary N) is 1. The second kappa shape index (κ2) is 6.48. The molecule has 7 heteroatoms. The zero-order valence-corrected chi connectivity index (χ0v) is 15.2. The summed E-state index contributed by atoms with van der Waals surface area (Å²) in [6.07, 6.45) is 1.87. The predicted octanol–water partition coefficient (Wildman–Crippen LogP) is 3.99. The fourth-order valence-electron chi connectivity index (χ4n) is 2.85. The highest BCUT2D eigenvalue weighted by molar-refractivity contribution is 7.98. The van der Waals surface area contributed by atoms with Gasteiger partial charge in [-0.2, -0.15) is 0 Å². The highest BCUT2D eigenvalue weighted by Gasteiger charge is 2.17. The Balaban J connectivity index is 1.55. The zero-order valence-electron chi connectivity index (χ0n) is 14.4. The summed E-state index contributed by atoms with van der Waals surface area (Å²) in [5.41, 5.74) is 4.97. The van der Waals surface area contributed by atoms with Crippen molar-refractivity contribution in [2.45, 2.75) is 31.7 Å². The molecule has 3 heterocycles. The van der Waals surface area contributed by atoms with Crippen molar-refractivity contribution < 1.29 is 14.2 Å². The quantitative estimate of drug-likeness (QED) is 0.696. The molecule has 0 bridgehead atoms. The normalized spacial score (nSPS) is 12.8. The number of hydrogen-bond acceptors (Lipinski definition) is 6. The highest BCUT2D eigenvalue weighted by Crippen LogP contribution is 2.36. The minimum Gasteiger partial charge on any atom is -0.493 e. The van der Waals surface area contributed by atoms with E-state index in [2.05, 4.69) is 21.9 Å². The molecule has 3 aromatic rings. The maximum Gasteiger partial charge on any atom is 0.231 e. The molecule has 130 valence electrons. The van der Waals surface area contributed by atoms with Crippen LogP contribution in [-0.4, -0.2) is 28.4 Å². The van der Waals surface area contributed by atoms with Gasteiger partial charge in [0.05, 0.1) is 23.3 Å². The van der Waals surface area contributed by atoms with Crippen LogP contribution in [0.15, 0.2) is 23.5 Å². The molecule has 0 radical (unpaired) electrons. The first kappa shape index (κ1) is 16.1. The number of imidazole rings is 1. The molecule has 0 saturated heterocycles. The van der Waals surface area contributed by atoms with E-state index in [1.54, 1.807) is 11.8 Å². The Bertz CT molecular complexity index is 898. The lowest BCUT2D eigenvalue weighted by Gasteiger charge is -2.13. The van der Waals surface area contributed by atoms with Gasteiger partial charge in [-0.3, -0.25) is 4.98 Å². The molecule has 1 N–H and O–H groups in total. The van der Waals surface area contributed by atoms with Crippen LogP contribution < -0.4 is 14.2 Å². The second-order valence-corrected chi connectivity index (χ2v) is 6.79. The summed E-state index contributed by atoms with van der Waals surface area (Å²) in [5, 5.41) is 0.846. The Labute approximate surface area is 149 Å². The van der Waals surface area contributed by atoms with Crippen LogP contribution in [-0.2, 0) is 5.75 Å². The minimum atomic E-state index is 0.268. The molecule has 1 aliphatic heterocycles. The summed E-state index contributed by atoms with van der Waals surface area (Å²) in [6.45, 7) is 6.98. The number of benzene rings is 1. The Hall–Kier alpha value is -2.41. The number of H-pyrrole nitrogens is 1. The minimum absolute atomic E-state index is 0.268. The summed E-state index contributed by atoms with van der Waals surface area (Å²) in [5.74, 6) is 3.15. The number of aromatic nitrogens is 3. The number of nitrogens with zero attached hydrogens (tertiary/aromatic N) is 2. The Morgan fingerprint density at radius 2 is 2.04 bits per heavy atom. The molecule has 25 heavy (non-hydrogen) atoms. The molecule has 2 aromatic heterocycles. The fourth-order valence-corrected chi connectivity index (χ4v) is 3.76. The van der Waals surface area contributed by atoms with Crippen molar-refractivity contribution >= 4 is 22.8 Å². The molecular formula is C18H19N3O3S. The van der Waals surface area contributed by atoms with Gasteiger partial charge in [-0.25, -0.2) is 4.98 Å². The first-order chi connectivity index (χ1) is 12.2. The largest absolute Gasteiger partial charge is 0.493 e. The molecule has 0 atom stereocenters. The predicted molar refractivity (Wildman–Crippen MR) is 96.7 cm³/mol. The van der Waals surface area contributed by atoms with Crippen LogP contribution in [0.25, 0.3) is 11.0 Å². The van der Waals surface area contributed by atoms with Crippen LogP contribution >= 0.6 is 11.8 Å². The first-order valence-corrected chi connectivity index (χ1v) is 9.14. The molecule has 0 spiro atoms. The molecule has 6 nitrogen and oxygen atoms in total.